The Kier molecular flexibility index (Phi) is 4.42. The lowest BCUT2D eigenvalue weighted by Crippen LogP contribution is -2.40. The normalized spacial score (nSPS) is 23.9. The number of nitrogens with one attached hydrogen (secondary N) is 1. The molecule has 5 nitrogen and oxygen atoms in total. The molecule has 1 heterocycles. The molecule has 1 unspecified atom stereocenters. The van der Waals surface area contributed by atoms with E-state index in [1.807, 2.05) is 0 Å². The molecule has 0 aliphatic carbocycles. The molecule has 1 saturated heterocycles. The van der Waals surface area contributed by atoms with Gasteiger partial charge in [-0.25, -0.2) is 12.7 Å². The minimum Gasteiger partial charge on any atom is -0.379 e. The van der Waals surface area contributed by atoms with Gasteiger partial charge in [0.05, 0.1) is 6.26 Å². The van der Waals surface area contributed by atoms with E-state index >= 15 is 0 Å². The standard InChI is InChI=1S/C8H17N3O2S2/c1-15(12,13)11-4-2-3-7(5-11)6-14-8(9)10/h7H,2-6H2,1H3,(H3,9,10). The van der Waals surface area contributed by atoms with Crippen LogP contribution in [0, 0.1) is 11.3 Å². The molecule has 0 bridgehead atoms. The molecule has 1 atom stereocenters. The van der Waals surface area contributed by atoms with Crippen molar-refractivity contribution in [1.29, 1.82) is 5.41 Å². The monoisotopic (exact) mass is 251 g/mol. The Labute approximate surface area is 95.0 Å². The molecule has 0 aromatic heterocycles. The Morgan fingerprint density at radius 2 is 2.33 bits per heavy atom. The van der Waals surface area contributed by atoms with Gasteiger partial charge in [0, 0.05) is 18.8 Å². The third kappa shape index (κ3) is 4.40. The summed E-state index contributed by atoms with van der Waals surface area (Å²) in [5.41, 5.74) is 5.24. The van der Waals surface area contributed by atoms with Crippen LogP contribution in [0.3, 0.4) is 0 Å². The number of sulfonamides is 1. The van der Waals surface area contributed by atoms with E-state index in [9.17, 15) is 8.42 Å². The number of rotatable bonds is 3. The van der Waals surface area contributed by atoms with Crippen LogP contribution < -0.4 is 5.73 Å². The van der Waals surface area contributed by atoms with E-state index in [0.29, 0.717) is 19.0 Å². The van der Waals surface area contributed by atoms with Crippen molar-refractivity contribution in [2.75, 3.05) is 25.1 Å². The Hall–Kier alpha value is -0.270. The van der Waals surface area contributed by atoms with E-state index in [2.05, 4.69) is 0 Å². The fourth-order valence-corrected chi connectivity index (χ4v) is 3.30. The molecule has 0 radical (unpaired) electrons. The molecular weight excluding hydrogens is 234 g/mol. The highest BCUT2D eigenvalue weighted by Gasteiger charge is 2.25. The van der Waals surface area contributed by atoms with Crippen molar-refractivity contribution in [2.45, 2.75) is 12.8 Å². The summed E-state index contributed by atoms with van der Waals surface area (Å²) < 4.78 is 24.2. The van der Waals surface area contributed by atoms with Crippen LogP contribution in [-0.4, -0.2) is 43.0 Å². The van der Waals surface area contributed by atoms with Crippen molar-refractivity contribution >= 4 is 27.0 Å². The largest absolute Gasteiger partial charge is 0.379 e. The van der Waals surface area contributed by atoms with E-state index in [1.165, 1.54) is 22.3 Å². The SMILES string of the molecule is CS(=O)(=O)N1CCCC(CSC(=N)N)C1. The van der Waals surface area contributed by atoms with Gasteiger partial charge in [-0.2, -0.15) is 0 Å². The quantitative estimate of drug-likeness (QED) is 0.557. The summed E-state index contributed by atoms with van der Waals surface area (Å²) in [5.74, 6) is 1.06. The predicted octanol–water partition coefficient (Wildman–Crippen LogP) is 0.285. The summed E-state index contributed by atoms with van der Waals surface area (Å²) >= 11 is 1.29. The zero-order valence-electron chi connectivity index (χ0n) is 8.77. The summed E-state index contributed by atoms with van der Waals surface area (Å²) in [6, 6.07) is 0. The van der Waals surface area contributed by atoms with Crippen LogP contribution >= 0.6 is 11.8 Å². The third-order valence-corrected chi connectivity index (χ3v) is 4.64. The van der Waals surface area contributed by atoms with Crippen LogP contribution in [0.4, 0.5) is 0 Å². The van der Waals surface area contributed by atoms with Gasteiger partial charge in [0.25, 0.3) is 0 Å². The van der Waals surface area contributed by atoms with E-state index in [0.717, 1.165) is 18.6 Å². The molecule has 1 fully saturated rings. The molecule has 15 heavy (non-hydrogen) atoms. The Morgan fingerprint density at radius 3 is 2.87 bits per heavy atom. The molecule has 0 aromatic carbocycles. The second-order valence-corrected chi connectivity index (χ2v) is 6.85. The second kappa shape index (κ2) is 5.18. The summed E-state index contributed by atoms with van der Waals surface area (Å²) in [4.78, 5) is 0. The van der Waals surface area contributed by atoms with Crippen molar-refractivity contribution in [3.05, 3.63) is 0 Å². The molecule has 0 aromatic rings. The fraction of sp³-hybridized carbons (Fsp3) is 0.875. The van der Waals surface area contributed by atoms with Gasteiger partial charge in [-0.1, -0.05) is 11.8 Å². The van der Waals surface area contributed by atoms with Crippen molar-refractivity contribution in [1.82, 2.24) is 4.31 Å². The number of hydrogen-bond donors (Lipinski definition) is 2. The van der Waals surface area contributed by atoms with Gasteiger partial charge in [-0.15, -0.1) is 0 Å². The van der Waals surface area contributed by atoms with Crippen molar-refractivity contribution < 1.29 is 8.42 Å². The van der Waals surface area contributed by atoms with Crippen LogP contribution in [0.5, 0.6) is 0 Å². The van der Waals surface area contributed by atoms with Gasteiger partial charge in [0.2, 0.25) is 10.0 Å². The van der Waals surface area contributed by atoms with Gasteiger partial charge in [0.1, 0.15) is 0 Å². The average molecular weight is 251 g/mol. The smallest absolute Gasteiger partial charge is 0.211 e. The zero-order chi connectivity index (χ0) is 11.5. The number of nitrogens with two attached hydrogens (primary N) is 1. The van der Waals surface area contributed by atoms with Crippen molar-refractivity contribution in [2.24, 2.45) is 11.7 Å². The van der Waals surface area contributed by atoms with E-state index in [1.54, 1.807) is 0 Å². The first-order chi connectivity index (χ1) is 6.89. The highest BCUT2D eigenvalue weighted by Crippen LogP contribution is 2.21. The highest BCUT2D eigenvalue weighted by atomic mass is 32.2. The van der Waals surface area contributed by atoms with Gasteiger partial charge in [0.15, 0.2) is 5.17 Å². The van der Waals surface area contributed by atoms with Gasteiger partial charge < -0.3 is 5.73 Å². The van der Waals surface area contributed by atoms with E-state index in [4.69, 9.17) is 11.1 Å². The first kappa shape index (κ1) is 12.8. The van der Waals surface area contributed by atoms with Crippen molar-refractivity contribution in [3.8, 4) is 0 Å². The fourth-order valence-electron chi connectivity index (χ4n) is 1.67. The van der Waals surface area contributed by atoms with Crippen LogP contribution in [0.1, 0.15) is 12.8 Å². The number of hydrogen-bond acceptors (Lipinski definition) is 4. The Morgan fingerprint density at radius 1 is 1.67 bits per heavy atom. The van der Waals surface area contributed by atoms with Crippen LogP contribution in [-0.2, 0) is 10.0 Å². The maximum Gasteiger partial charge on any atom is 0.211 e. The minimum absolute atomic E-state index is 0.103. The maximum atomic E-state index is 11.3. The van der Waals surface area contributed by atoms with E-state index < -0.39 is 10.0 Å². The van der Waals surface area contributed by atoms with Gasteiger partial charge in [-0.05, 0) is 18.8 Å². The molecule has 0 amide bonds. The number of piperidine rings is 1. The molecule has 1 aliphatic rings. The zero-order valence-corrected chi connectivity index (χ0v) is 10.4. The molecule has 1 aliphatic heterocycles. The van der Waals surface area contributed by atoms with Crippen LogP contribution in [0.15, 0.2) is 0 Å². The topological polar surface area (TPSA) is 87.2 Å². The van der Waals surface area contributed by atoms with E-state index in [-0.39, 0.29) is 5.17 Å². The first-order valence-corrected chi connectivity index (χ1v) is 7.65. The van der Waals surface area contributed by atoms with Gasteiger partial charge in [-0.3, -0.25) is 5.41 Å². The molecule has 7 heteroatoms. The Balaban J connectivity index is 2.46. The van der Waals surface area contributed by atoms with Gasteiger partial charge >= 0.3 is 0 Å². The lowest BCUT2D eigenvalue weighted by molar-refractivity contribution is 0.286. The molecule has 0 saturated carbocycles. The molecule has 3 N–H and O–H groups in total. The lowest BCUT2D eigenvalue weighted by Gasteiger charge is -2.30. The predicted molar refractivity (Wildman–Crippen MR) is 63.5 cm³/mol. The molecule has 1 rings (SSSR count). The summed E-state index contributed by atoms with van der Waals surface area (Å²) in [5, 5.41) is 7.20. The number of nitrogens with zero attached hydrogens (tertiary/aromatic N) is 1. The summed E-state index contributed by atoms with van der Waals surface area (Å²) in [7, 11) is -3.06. The Bertz CT molecular complexity index is 329. The molecule has 88 valence electrons. The molecular formula is C8H17N3O2S2. The summed E-state index contributed by atoms with van der Waals surface area (Å²) in [6.45, 7) is 1.19. The maximum absolute atomic E-state index is 11.3. The third-order valence-electron chi connectivity index (χ3n) is 2.43. The number of amidine groups is 1. The van der Waals surface area contributed by atoms with Crippen LogP contribution in [0.2, 0.25) is 0 Å². The highest BCUT2D eigenvalue weighted by molar-refractivity contribution is 8.13. The summed E-state index contributed by atoms with van der Waals surface area (Å²) in [6.07, 6.45) is 3.16. The molecule has 0 spiro atoms. The minimum atomic E-state index is -3.06. The van der Waals surface area contributed by atoms with Crippen LogP contribution in [0.25, 0.3) is 0 Å². The average Bonchev–Trinajstić information content (AvgIpc) is 2.14. The first-order valence-electron chi connectivity index (χ1n) is 4.81. The second-order valence-electron chi connectivity index (χ2n) is 3.80. The lowest BCUT2D eigenvalue weighted by atomic mass is 10.0. The van der Waals surface area contributed by atoms with Crippen molar-refractivity contribution in [3.63, 3.8) is 0 Å². The number of thioether (sulfide) groups is 1.